The molecule has 0 radical (unpaired) electrons. The van der Waals surface area contributed by atoms with Gasteiger partial charge in [0.2, 0.25) is 0 Å². The number of amides is 2. The van der Waals surface area contributed by atoms with Gasteiger partial charge in [-0.25, -0.2) is 0 Å². The Balaban J connectivity index is 1.46. The Bertz CT molecular complexity index is 1380. The predicted molar refractivity (Wildman–Crippen MR) is 146 cm³/mol. The highest BCUT2D eigenvalue weighted by Gasteiger charge is 2.34. The van der Waals surface area contributed by atoms with E-state index < -0.39 is 11.8 Å². The monoisotopic (exact) mass is 500 g/mol. The van der Waals surface area contributed by atoms with Gasteiger partial charge in [0.05, 0.1) is 18.9 Å². The smallest absolute Gasteiger partial charge is 0.270 e. The second kappa shape index (κ2) is 9.72. The van der Waals surface area contributed by atoms with Crippen molar-refractivity contribution in [3.8, 4) is 5.69 Å². The van der Waals surface area contributed by atoms with E-state index in [1.54, 1.807) is 12.1 Å². The number of carbonyl (C=O) groups excluding carboxylic acids is 2. The molecule has 0 aliphatic carbocycles. The first kappa shape index (κ1) is 24.0. The van der Waals surface area contributed by atoms with Crippen LogP contribution in [0.5, 0.6) is 0 Å². The van der Waals surface area contributed by atoms with Crippen LogP contribution in [0.4, 0.5) is 11.4 Å². The fraction of sp³-hybridized carbons (Fsp3) is 0.250. The van der Waals surface area contributed by atoms with Crippen LogP contribution < -0.4 is 15.1 Å². The van der Waals surface area contributed by atoms with Crippen molar-refractivity contribution in [3.63, 3.8) is 0 Å². The van der Waals surface area contributed by atoms with E-state index >= 15 is 0 Å². The molecule has 0 unspecified atom stereocenters. The van der Waals surface area contributed by atoms with E-state index in [0.29, 0.717) is 5.69 Å². The number of aromatic nitrogens is 1. The van der Waals surface area contributed by atoms with Gasteiger partial charge < -0.3 is 14.2 Å². The van der Waals surface area contributed by atoms with Gasteiger partial charge in [0.15, 0.2) is 5.11 Å². The number of hydrogen-bond acceptors (Lipinski definition) is 5. The number of morpholine rings is 1. The summed E-state index contributed by atoms with van der Waals surface area (Å²) in [5.74, 6) is -0.928. The summed E-state index contributed by atoms with van der Waals surface area (Å²) in [7, 11) is 0. The van der Waals surface area contributed by atoms with Crippen LogP contribution in [-0.4, -0.2) is 47.8 Å². The average Bonchev–Trinajstić information content (AvgIpc) is 3.15. The van der Waals surface area contributed by atoms with Crippen molar-refractivity contribution in [1.29, 1.82) is 0 Å². The normalized spacial score (nSPS) is 17.6. The average molecular weight is 501 g/mol. The van der Waals surface area contributed by atoms with Crippen LogP contribution >= 0.6 is 12.2 Å². The van der Waals surface area contributed by atoms with Gasteiger partial charge in [-0.1, -0.05) is 12.1 Å². The zero-order valence-corrected chi connectivity index (χ0v) is 21.4. The first-order chi connectivity index (χ1) is 17.3. The van der Waals surface area contributed by atoms with Crippen molar-refractivity contribution in [2.45, 2.75) is 20.8 Å². The number of rotatable bonds is 4. The summed E-state index contributed by atoms with van der Waals surface area (Å²) in [6, 6.07) is 17.9. The van der Waals surface area contributed by atoms with Crippen LogP contribution in [0.2, 0.25) is 0 Å². The van der Waals surface area contributed by atoms with E-state index in [4.69, 9.17) is 17.0 Å². The molecule has 2 aliphatic rings. The van der Waals surface area contributed by atoms with Crippen molar-refractivity contribution >= 4 is 46.6 Å². The summed E-state index contributed by atoms with van der Waals surface area (Å²) in [5.41, 5.74) is 6.61. The van der Waals surface area contributed by atoms with E-state index in [0.717, 1.165) is 54.5 Å². The van der Waals surface area contributed by atoms with Gasteiger partial charge in [0.25, 0.3) is 11.8 Å². The molecule has 8 heteroatoms. The minimum absolute atomic E-state index is 0.0491. The second-order valence-corrected chi connectivity index (χ2v) is 9.46. The van der Waals surface area contributed by atoms with Crippen molar-refractivity contribution < 1.29 is 14.3 Å². The van der Waals surface area contributed by atoms with Gasteiger partial charge in [-0.15, -0.1) is 0 Å². The molecule has 2 aromatic carbocycles. The third kappa shape index (κ3) is 4.45. The number of carbonyl (C=O) groups is 2. The molecule has 184 valence electrons. The quantitative estimate of drug-likeness (QED) is 0.332. The van der Waals surface area contributed by atoms with E-state index in [1.165, 1.54) is 10.6 Å². The molecular formula is C28H28N4O3S. The first-order valence-corrected chi connectivity index (χ1v) is 12.3. The van der Waals surface area contributed by atoms with Gasteiger partial charge in [-0.2, -0.15) is 0 Å². The van der Waals surface area contributed by atoms with Gasteiger partial charge in [-0.05, 0) is 92.7 Å². The van der Waals surface area contributed by atoms with E-state index in [9.17, 15) is 9.59 Å². The molecule has 3 aromatic rings. The highest BCUT2D eigenvalue weighted by Crippen LogP contribution is 2.27. The maximum absolute atomic E-state index is 13.4. The van der Waals surface area contributed by atoms with Crippen molar-refractivity contribution in [2.24, 2.45) is 0 Å². The lowest BCUT2D eigenvalue weighted by Gasteiger charge is -2.29. The molecule has 2 aliphatic heterocycles. The molecule has 36 heavy (non-hydrogen) atoms. The minimum atomic E-state index is -0.492. The Kier molecular flexibility index (Phi) is 6.47. The predicted octanol–water partition coefficient (Wildman–Crippen LogP) is 4.07. The molecule has 0 bridgehead atoms. The third-order valence-corrected chi connectivity index (χ3v) is 6.90. The van der Waals surface area contributed by atoms with Crippen molar-refractivity contribution in [1.82, 2.24) is 9.88 Å². The minimum Gasteiger partial charge on any atom is -0.378 e. The summed E-state index contributed by atoms with van der Waals surface area (Å²) >= 11 is 5.33. The number of ether oxygens (including phenoxy) is 1. The van der Waals surface area contributed by atoms with Crippen molar-refractivity contribution in [2.75, 3.05) is 36.1 Å². The Morgan fingerprint density at radius 2 is 1.61 bits per heavy atom. The number of hydrogen-bond donors (Lipinski definition) is 1. The maximum Gasteiger partial charge on any atom is 0.270 e. The number of nitrogens with one attached hydrogen (secondary N) is 1. The standard InChI is InChI=1S/C28H28N4O3S/c1-18-5-4-6-24(15-18)32-27(34)25(26(33)29-28(32)36)17-21-16-19(2)31(20(21)3)23-9-7-22(8-10-23)30-11-13-35-14-12-30/h4-10,15-17H,11-14H2,1-3H3,(H,29,33,36)/b25-17+. The molecule has 0 saturated carbocycles. The Labute approximate surface area is 216 Å². The highest BCUT2D eigenvalue weighted by atomic mass is 32.1. The largest absolute Gasteiger partial charge is 0.378 e. The number of aryl methyl sites for hydroxylation is 2. The van der Waals surface area contributed by atoms with Crippen molar-refractivity contribution in [3.05, 3.63) is 82.7 Å². The summed E-state index contributed by atoms with van der Waals surface area (Å²) in [5, 5.41) is 2.75. The first-order valence-electron chi connectivity index (χ1n) is 11.9. The van der Waals surface area contributed by atoms with Crippen LogP contribution in [0.1, 0.15) is 22.5 Å². The summed E-state index contributed by atoms with van der Waals surface area (Å²) in [4.78, 5) is 29.9. The lowest BCUT2D eigenvalue weighted by molar-refractivity contribution is -0.122. The zero-order chi connectivity index (χ0) is 25.4. The molecule has 1 aromatic heterocycles. The SMILES string of the molecule is Cc1cccc(N2C(=O)/C(=C/c3cc(C)n(-c4ccc(N5CCOCC5)cc4)c3C)C(=O)NC2=S)c1. The van der Waals surface area contributed by atoms with Crippen LogP contribution in [0.15, 0.2) is 60.2 Å². The second-order valence-electron chi connectivity index (χ2n) is 9.07. The number of benzene rings is 2. The molecule has 2 fully saturated rings. The lowest BCUT2D eigenvalue weighted by atomic mass is 10.1. The highest BCUT2D eigenvalue weighted by molar-refractivity contribution is 7.80. The summed E-state index contributed by atoms with van der Waals surface area (Å²) in [6.07, 6.45) is 1.66. The maximum atomic E-state index is 13.4. The molecule has 5 rings (SSSR count). The van der Waals surface area contributed by atoms with Gasteiger partial charge >= 0.3 is 0 Å². The molecule has 1 N–H and O–H groups in total. The summed E-state index contributed by atoms with van der Waals surface area (Å²) in [6.45, 7) is 9.21. The summed E-state index contributed by atoms with van der Waals surface area (Å²) < 4.78 is 7.58. The van der Waals surface area contributed by atoms with Gasteiger partial charge in [0, 0.05) is 35.9 Å². The zero-order valence-electron chi connectivity index (χ0n) is 20.6. The van der Waals surface area contributed by atoms with E-state index in [1.807, 2.05) is 45.0 Å². The van der Waals surface area contributed by atoms with Crippen LogP contribution in [-0.2, 0) is 14.3 Å². The van der Waals surface area contributed by atoms with Crippen LogP contribution in [0, 0.1) is 20.8 Å². The Morgan fingerprint density at radius 3 is 2.31 bits per heavy atom. The molecule has 3 heterocycles. The molecule has 2 saturated heterocycles. The topological polar surface area (TPSA) is 66.8 Å². The van der Waals surface area contributed by atoms with Gasteiger partial charge in [-0.3, -0.25) is 19.8 Å². The molecular weight excluding hydrogens is 472 g/mol. The van der Waals surface area contributed by atoms with E-state index in [-0.39, 0.29) is 10.7 Å². The number of anilines is 2. The molecule has 0 atom stereocenters. The van der Waals surface area contributed by atoms with E-state index in [2.05, 4.69) is 39.0 Å². The fourth-order valence-corrected chi connectivity index (χ4v) is 5.06. The molecule has 2 amide bonds. The Hall–Kier alpha value is -3.75. The van der Waals surface area contributed by atoms with Crippen LogP contribution in [0.3, 0.4) is 0 Å². The molecule has 0 spiro atoms. The lowest BCUT2D eigenvalue weighted by Crippen LogP contribution is -2.54. The van der Waals surface area contributed by atoms with Crippen LogP contribution in [0.25, 0.3) is 11.8 Å². The Morgan fingerprint density at radius 1 is 0.917 bits per heavy atom. The molecule has 7 nitrogen and oxygen atoms in total. The van der Waals surface area contributed by atoms with Gasteiger partial charge in [0.1, 0.15) is 5.57 Å². The number of thiocarbonyl (C=S) groups is 1. The fourth-order valence-electron chi connectivity index (χ4n) is 4.78. The number of nitrogens with zero attached hydrogens (tertiary/aromatic N) is 3. The third-order valence-electron chi connectivity index (χ3n) is 6.62.